The number of anilines is 1. The van der Waals surface area contributed by atoms with Crippen molar-refractivity contribution in [3.05, 3.63) is 54.1 Å². The van der Waals surface area contributed by atoms with Crippen molar-refractivity contribution < 1.29 is 26.9 Å². The number of amides is 1. The van der Waals surface area contributed by atoms with Crippen LogP contribution in [0.4, 0.5) is 6.01 Å². The highest BCUT2D eigenvalue weighted by molar-refractivity contribution is 7.84. The van der Waals surface area contributed by atoms with Gasteiger partial charge < -0.3 is 14.1 Å². The summed E-state index contributed by atoms with van der Waals surface area (Å²) < 4.78 is 44.6. The van der Waals surface area contributed by atoms with Crippen LogP contribution in [0.1, 0.15) is 18.4 Å². The molecule has 1 fully saturated rings. The lowest BCUT2D eigenvalue weighted by molar-refractivity contribution is -0.125. The zero-order valence-electron chi connectivity index (χ0n) is 16.2. The maximum absolute atomic E-state index is 13.0. The fourth-order valence-electron chi connectivity index (χ4n) is 3.86. The van der Waals surface area contributed by atoms with Gasteiger partial charge in [0.05, 0.1) is 12.5 Å². The van der Waals surface area contributed by atoms with Crippen molar-refractivity contribution >= 4 is 33.3 Å². The van der Waals surface area contributed by atoms with E-state index >= 15 is 0 Å². The molecule has 0 saturated carbocycles. The molecule has 10 heteroatoms. The minimum Gasteiger partial charge on any atom is -0.497 e. The van der Waals surface area contributed by atoms with Gasteiger partial charge in [-0.3, -0.25) is 9.35 Å². The van der Waals surface area contributed by atoms with Crippen LogP contribution >= 0.6 is 0 Å². The third kappa shape index (κ3) is 3.83. The zero-order chi connectivity index (χ0) is 21.4. The smallest absolute Gasteiger partial charge is 0.359 e. The summed E-state index contributed by atoms with van der Waals surface area (Å²) in [6.45, 7) is 0.811. The molecule has 0 radical (unpaired) electrons. The third-order valence-corrected chi connectivity index (χ3v) is 5.89. The number of aromatic nitrogens is 1. The minimum absolute atomic E-state index is 0.292. The predicted molar refractivity (Wildman–Crippen MR) is 110 cm³/mol. The molecule has 9 nitrogen and oxygen atoms in total. The number of nitrogens with one attached hydrogen (secondary N) is 1. The Morgan fingerprint density at radius 2 is 1.93 bits per heavy atom. The van der Waals surface area contributed by atoms with Gasteiger partial charge in [-0.1, -0.05) is 24.3 Å². The molecule has 4 rings (SSSR count). The van der Waals surface area contributed by atoms with Crippen LogP contribution in [0.25, 0.3) is 11.1 Å². The lowest BCUT2D eigenvalue weighted by Gasteiger charge is -2.40. The van der Waals surface area contributed by atoms with Gasteiger partial charge in [-0.15, -0.1) is 0 Å². The van der Waals surface area contributed by atoms with E-state index < -0.39 is 21.6 Å². The second-order valence-corrected chi connectivity index (χ2v) is 8.33. The fourth-order valence-corrected chi connectivity index (χ4v) is 4.29. The topological polar surface area (TPSA) is 122 Å². The molecule has 0 unspecified atom stereocenters. The summed E-state index contributed by atoms with van der Waals surface area (Å²) in [6.07, 6.45) is 0.584. The molecular formula is C20H21N3O6S. The van der Waals surface area contributed by atoms with Gasteiger partial charge in [-0.05, 0) is 42.7 Å². The second kappa shape index (κ2) is 7.62. The molecule has 2 aromatic carbocycles. The average Bonchev–Trinajstić information content (AvgIpc) is 3.17. The van der Waals surface area contributed by atoms with Gasteiger partial charge in [0.1, 0.15) is 11.3 Å². The number of para-hydroxylation sites is 2. The zero-order valence-corrected chi connectivity index (χ0v) is 17.1. The fraction of sp³-hybridized carbons (Fsp3) is 0.300. The van der Waals surface area contributed by atoms with E-state index in [0.29, 0.717) is 48.8 Å². The van der Waals surface area contributed by atoms with E-state index in [0.717, 1.165) is 5.52 Å². The molecule has 2 N–H and O–H groups in total. The number of carbonyl (C=O) groups is 1. The minimum atomic E-state index is -4.69. The van der Waals surface area contributed by atoms with Crippen LogP contribution in [0.15, 0.2) is 52.9 Å². The molecule has 0 bridgehead atoms. The van der Waals surface area contributed by atoms with Crippen LogP contribution in [-0.4, -0.2) is 44.1 Å². The monoisotopic (exact) mass is 431 g/mol. The lowest BCUT2D eigenvalue weighted by atomic mass is 9.72. The normalized spacial score (nSPS) is 16.4. The Kier molecular flexibility index (Phi) is 5.12. The van der Waals surface area contributed by atoms with E-state index in [1.165, 1.54) is 7.11 Å². The molecule has 1 saturated heterocycles. The van der Waals surface area contributed by atoms with Gasteiger partial charge in [0.2, 0.25) is 5.91 Å². The molecule has 1 amide bonds. The van der Waals surface area contributed by atoms with E-state index in [1.807, 2.05) is 29.2 Å². The Morgan fingerprint density at radius 3 is 2.60 bits per heavy atom. The predicted octanol–water partition coefficient (Wildman–Crippen LogP) is 2.29. The van der Waals surface area contributed by atoms with Gasteiger partial charge in [0, 0.05) is 13.1 Å². The first kappa shape index (κ1) is 20.2. The van der Waals surface area contributed by atoms with E-state index in [9.17, 15) is 17.8 Å². The highest BCUT2D eigenvalue weighted by Gasteiger charge is 2.45. The van der Waals surface area contributed by atoms with Crippen molar-refractivity contribution in [3.8, 4) is 5.75 Å². The molecule has 158 valence electrons. The van der Waals surface area contributed by atoms with Crippen molar-refractivity contribution in [1.82, 2.24) is 9.71 Å². The molecule has 1 aliphatic heterocycles. The van der Waals surface area contributed by atoms with E-state index in [1.54, 1.807) is 29.0 Å². The molecule has 1 aliphatic rings. The molecule has 30 heavy (non-hydrogen) atoms. The summed E-state index contributed by atoms with van der Waals surface area (Å²) >= 11 is 0. The first-order chi connectivity index (χ1) is 14.3. The average molecular weight is 431 g/mol. The van der Waals surface area contributed by atoms with Crippen LogP contribution in [-0.2, 0) is 20.5 Å². The molecule has 3 aromatic rings. The van der Waals surface area contributed by atoms with Gasteiger partial charge in [0.15, 0.2) is 5.58 Å². The number of oxazole rings is 1. The number of rotatable bonds is 5. The van der Waals surface area contributed by atoms with E-state index in [-0.39, 0.29) is 0 Å². The SMILES string of the molecule is COc1cccc(C2(C(=O)NS(=O)(=O)O)CCN(c3nc4ccccc4o3)CC2)c1. The highest BCUT2D eigenvalue weighted by Crippen LogP contribution is 2.39. The number of hydrogen-bond donors (Lipinski definition) is 2. The molecule has 1 aromatic heterocycles. The van der Waals surface area contributed by atoms with Crippen molar-refractivity contribution in [2.75, 3.05) is 25.1 Å². The van der Waals surface area contributed by atoms with Gasteiger partial charge in [-0.2, -0.15) is 13.4 Å². The maximum Gasteiger partial charge on any atom is 0.359 e. The summed E-state index contributed by atoms with van der Waals surface area (Å²) in [5.74, 6) is -0.233. The van der Waals surface area contributed by atoms with Crippen molar-refractivity contribution in [3.63, 3.8) is 0 Å². The maximum atomic E-state index is 13.0. The van der Waals surface area contributed by atoms with E-state index in [2.05, 4.69) is 4.98 Å². The number of nitrogens with zero attached hydrogens (tertiary/aromatic N) is 2. The third-order valence-electron chi connectivity index (χ3n) is 5.45. The van der Waals surface area contributed by atoms with Crippen LogP contribution in [0.5, 0.6) is 5.75 Å². The first-order valence-corrected chi connectivity index (χ1v) is 10.8. The molecular weight excluding hydrogens is 410 g/mol. The Morgan fingerprint density at radius 1 is 1.20 bits per heavy atom. The number of methoxy groups -OCH3 is 1. The first-order valence-electron chi connectivity index (χ1n) is 9.35. The Labute approximate surface area is 173 Å². The van der Waals surface area contributed by atoms with Gasteiger partial charge in [-0.25, -0.2) is 4.72 Å². The van der Waals surface area contributed by atoms with Crippen LogP contribution in [0.3, 0.4) is 0 Å². The summed E-state index contributed by atoms with van der Waals surface area (Å²) in [5.41, 5.74) is 0.857. The lowest BCUT2D eigenvalue weighted by Crippen LogP contribution is -2.53. The van der Waals surface area contributed by atoms with Crippen LogP contribution in [0.2, 0.25) is 0 Å². The number of fused-ring (bicyclic) bond motifs is 1. The largest absolute Gasteiger partial charge is 0.497 e. The summed E-state index contributed by atoms with van der Waals surface area (Å²) in [4.78, 5) is 19.4. The highest BCUT2D eigenvalue weighted by atomic mass is 32.2. The number of carbonyl (C=O) groups excluding carboxylic acids is 1. The van der Waals surface area contributed by atoms with E-state index in [4.69, 9.17) is 9.15 Å². The van der Waals surface area contributed by atoms with Crippen molar-refractivity contribution in [2.45, 2.75) is 18.3 Å². The number of ether oxygens (including phenoxy) is 1. The van der Waals surface area contributed by atoms with Crippen molar-refractivity contribution in [1.29, 1.82) is 0 Å². The number of hydrogen-bond acceptors (Lipinski definition) is 7. The summed E-state index contributed by atoms with van der Waals surface area (Å²) in [7, 11) is -3.18. The molecule has 0 aliphatic carbocycles. The van der Waals surface area contributed by atoms with Crippen LogP contribution in [0, 0.1) is 0 Å². The van der Waals surface area contributed by atoms with Crippen LogP contribution < -0.4 is 14.4 Å². The molecule has 2 heterocycles. The molecule has 0 atom stereocenters. The van der Waals surface area contributed by atoms with Gasteiger partial charge >= 0.3 is 10.3 Å². The summed E-state index contributed by atoms with van der Waals surface area (Å²) in [6, 6.07) is 14.8. The standard InChI is InChI=1S/C20H21N3O6S/c1-28-15-6-4-5-14(13-15)20(18(24)22-30(25,26)27)9-11-23(12-10-20)19-21-16-7-2-3-8-17(16)29-19/h2-8,13H,9-12H2,1H3,(H,22,24)(H,25,26,27). The van der Waals surface area contributed by atoms with Crippen molar-refractivity contribution in [2.24, 2.45) is 0 Å². The Bertz CT molecular complexity index is 1150. The number of benzene rings is 2. The second-order valence-electron chi connectivity index (χ2n) is 7.17. The Balaban J connectivity index is 1.65. The Hall–Kier alpha value is -3.11. The molecule has 0 spiro atoms. The summed E-state index contributed by atoms with van der Waals surface area (Å²) in [5, 5.41) is 0. The quantitative estimate of drug-likeness (QED) is 0.590. The van der Waals surface area contributed by atoms with Gasteiger partial charge in [0.25, 0.3) is 6.01 Å². The number of piperidine rings is 1.